The molecule has 132 valence electrons. The van der Waals surface area contributed by atoms with Gasteiger partial charge in [-0.25, -0.2) is 0 Å². The number of aliphatic hydroxyl groups is 1. The molecule has 1 aliphatic carbocycles. The number of hydrogen-bond donors (Lipinski definition) is 1. The molecule has 2 atom stereocenters. The van der Waals surface area contributed by atoms with Gasteiger partial charge < -0.3 is 10.0 Å². The summed E-state index contributed by atoms with van der Waals surface area (Å²) in [6.07, 6.45) is 5.40. The van der Waals surface area contributed by atoms with Gasteiger partial charge in [0, 0.05) is 18.0 Å². The Balaban J connectivity index is 2.21. The van der Waals surface area contributed by atoms with E-state index in [4.69, 9.17) is 0 Å². The third-order valence-electron chi connectivity index (χ3n) is 5.40. The number of nitriles is 2. The first-order chi connectivity index (χ1) is 12.6. The fourth-order valence-electron chi connectivity index (χ4n) is 4.23. The lowest BCUT2D eigenvalue weighted by molar-refractivity contribution is -0.141. The van der Waals surface area contributed by atoms with Crippen LogP contribution in [0, 0.1) is 28.6 Å². The molecule has 1 N–H and O–H groups in total. The number of carbonyl (C=O) groups excluding carboxylic acids is 1. The van der Waals surface area contributed by atoms with E-state index in [1.807, 2.05) is 24.3 Å². The predicted molar refractivity (Wildman–Crippen MR) is 97.7 cm³/mol. The average molecular weight is 347 g/mol. The topological polar surface area (TPSA) is 88.1 Å². The molecule has 0 spiro atoms. The van der Waals surface area contributed by atoms with Gasteiger partial charge in [0.2, 0.25) is 0 Å². The van der Waals surface area contributed by atoms with E-state index < -0.39 is 17.4 Å². The number of benzene rings is 1. The van der Waals surface area contributed by atoms with Crippen LogP contribution in [0.15, 0.2) is 48.1 Å². The largest absolute Gasteiger partial charge is 0.375 e. The van der Waals surface area contributed by atoms with Crippen LogP contribution in [0.3, 0.4) is 0 Å². The van der Waals surface area contributed by atoms with Gasteiger partial charge in [-0.1, -0.05) is 37.1 Å². The molecule has 1 heterocycles. The SMILES string of the molecule is C=CCN1C(=O)C(O)(C2CCCCCC2=C(C#N)C#N)c2ccccc21. The van der Waals surface area contributed by atoms with Crippen molar-refractivity contribution in [1.82, 2.24) is 0 Å². The van der Waals surface area contributed by atoms with E-state index >= 15 is 0 Å². The Labute approximate surface area is 153 Å². The third-order valence-corrected chi connectivity index (χ3v) is 5.40. The molecule has 26 heavy (non-hydrogen) atoms. The van der Waals surface area contributed by atoms with E-state index in [-0.39, 0.29) is 5.57 Å². The molecule has 5 nitrogen and oxygen atoms in total. The molecular formula is C21H21N3O2. The molecule has 0 radical (unpaired) electrons. The van der Waals surface area contributed by atoms with Gasteiger partial charge in [-0.3, -0.25) is 4.79 Å². The number of allylic oxidation sites excluding steroid dienone is 1. The maximum absolute atomic E-state index is 13.3. The van der Waals surface area contributed by atoms with Crippen molar-refractivity contribution in [2.75, 3.05) is 11.4 Å². The summed E-state index contributed by atoms with van der Waals surface area (Å²) in [6, 6.07) is 11.1. The second-order valence-corrected chi connectivity index (χ2v) is 6.76. The highest BCUT2D eigenvalue weighted by molar-refractivity contribution is 6.07. The lowest BCUT2D eigenvalue weighted by Gasteiger charge is -2.33. The highest BCUT2D eigenvalue weighted by Gasteiger charge is 2.55. The standard InChI is InChI=1S/C21H21N3O2/c1-2-12-24-19-11-7-6-10-18(19)21(26,20(24)25)17-9-5-3-4-8-16(17)15(13-22)14-23/h2,6-7,10-11,17,26H,1,3-5,8-9,12H2. The van der Waals surface area contributed by atoms with Crippen molar-refractivity contribution in [3.8, 4) is 12.1 Å². The second kappa shape index (κ2) is 7.15. The van der Waals surface area contributed by atoms with Crippen LogP contribution < -0.4 is 4.90 Å². The molecule has 1 aromatic carbocycles. The Hall–Kier alpha value is -2.89. The number of carbonyl (C=O) groups is 1. The van der Waals surface area contributed by atoms with Crippen LogP contribution in [-0.2, 0) is 10.4 Å². The Morgan fingerprint density at radius 2 is 2.04 bits per heavy atom. The van der Waals surface area contributed by atoms with E-state index in [9.17, 15) is 20.4 Å². The Bertz CT molecular complexity index is 843. The molecule has 2 aliphatic rings. The minimum Gasteiger partial charge on any atom is -0.375 e. The van der Waals surface area contributed by atoms with E-state index in [2.05, 4.69) is 6.58 Å². The quantitative estimate of drug-likeness (QED) is 0.516. The van der Waals surface area contributed by atoms with Gasteiger partial charge in [0.05, 0.1) is 5.69 Å². The first-order valence-electron chi connectivity index (χ1n) is 8.87. The monoisotopic (exact) mass is 347 g/mol. The number of para-hydroxylation sites is 1. The van der Waals surface area contributed by atoms with Crippen molar-refractivity contribution in [2.24, 2.45) is 5.92 Å². The first kappa shape index (κ1) is 17.9. The zero-order chi connectivity index (χ0) is 18.7. The van der Waals surface area contributed by atoms with Gasteiger partial charge in [0.25, 0.3) is 5.91 Å². The molecule has 1 fully saturated rings. The van der Waals surface area contributed by atoms with Crippen LogP contribution in [0.2, 0.25) is 0 Å². The predicted octanol–water partition coefficient (Wildman–Crippen LogP) is 3.33. The molecule has 0 aromatic heterocycles. The van der Waals surface area contributed by atoms with E-state index in [0.29, 0.717) is 36.2 Å². The summed E-state index contributed by atoms with van der Waals surface area (Å²) in [6.45, 7) is 4.00. The van der Waals surface area contributed by atoms with Gasteiger partial charge in [0.15, 0.2) is 5.60 Å². The molecule has 5 heteroatoms. The highest BCUT2D eigenvalue weighted by Crippen LogP contribution is 2.50. The summed E-state index contributed by atoms with van der Waals surface area (Å²) in [7, 11) is 0. The lowest BCUT2D eigenvalue weighted by atomic mass is 9.74. The molecular weight excluding hydrogens is 326 g/mol. The van der Waals surface area contributed by atoms with E-state index in [0.717, 1.165) is 19.3 Å². The maximum atomic E-state index is 13.3. The van der Waals surface area contributed by atoms with Crippen LogP contribution in [0.1, 0.15) is 37.7 Å². The molecule has 0 bridgehead atoms. The van der Waals surface area contributed by atoms with Crippen LogP contribution in [0.5, 0.6) is 0 Å². The minimum atomic E-state index is -1.75. The van der Waals surface area contributed by atoms with Crippen molar-refractivity contribution in [3.05, 3.63) is 53.6 Å². The molecule has 1 aromatic rings. The number of anilines is 1. The summed E-state index contributed by atoms with van der Waals surface area (Å²) in [5.41, 5.74) is 0.0972. The number of amides is 1. The number of rotatable bonds is 3. The zero-order valence-corrected chi connectivity index (χ0v) is 14.6. The van der Waals surface area contributed by atoms with Crippen LogP contribution in [0.25, 0.3) is 0 Å². The Morgan fingerprint density at radius 1 is 1.31 bits per heavy atom. The molecule has 1 aliphatic heterocycles. The van der Waals surface area contributed by atoms with Crippen LogP contribution in [0.4, 0.5) is 5.69 Å². The normalized spacial score (nSPS) is 25.0. The fourth-order valence-corrected chi connectivity index (χ4v) is 4.23. The average Bonchev–Trinajstić information content (AvgIpc) is 2.83. The summed E-state index contributed by atoms with van der Waals surface area (Å²) in [5.74, 6) is -0.971. The highest BCUT2D eigenvalue weighted by atomic mass is 16.3. The lowest BCUT2D eigenvalue weighted by Crippen LogP contribution is -2.46. The van der Waals surface area contributed by atoms with Crippen LogP contribution in [-0.4, -0.2) is 17.6 Å². The smallest absolute Gasteiger partial charge is 0.264 e. The fraction of sp³-hybridized carbons (Fsp3) is 0.381. The first-order valence-corrected chi connectivity index (χ1v) is 8.87. The van der Waals surface area contributed by atoms with E-state index in [1.54, 1.807) is 18.2 Å². The Morgan fingerprint density at radius 3 is 2.73 bits per heavy atom. The number of fused-ring (bicyclic) bond motifs is 1. The van der Waals surface area contributed by atoms with Gasteiger partial charge in [-0.2, -0.15) is 10.5 Å². The molecule has 1 amide bonds. The van der Waals surface area contributed by atoms with Gasteiger partial charge in [-0.15, -0.1) is 6.58 Å². The summed E-state index contributed by atoms with van der Waals surface area (Å²) >= 11 is 0. The summed E-state index contributed by atoms with van der Waals surface area (Å²) in [4.78, 5) is 14.8. The van der Waals surface area contributed by atoms with Gasteiger partial charge in [0.1, 0.15) is 17.7 Å². The van der Waals surface area contributed by atoms with Crippen LogP contribution >= 0.6 is 0 Å². The molecule has 0 saturated heterocycles. The van der Waals surface area contributed by atoms with Crippen molar-refractivity contribution >= 4 is 11.6 Å². The maximum Gasteiger partial charge on any atom is 0.264 e. The molecule has 3 rings (SSSR count). The second-order valence-electron chi connectivity index (χ2n) is 6.76. The van der Waals surface area contributed by atoms with Crippen molar-refractivity contribution in [3.63, 3.8) is 0 Å². The third kappa shape index (κ3) is 2.62. The Kier molecular flexibility index (Phi) is 4.93. The number of nitrogens with zero attached hydrogens (tertiary/aromatic N) is 3. The van der Waals surface area contributed by atoms with E-state index in [1.165, 1.54) is 4.90 Å². The summed E-state index contributed by atoms with van der Waals surface area (Å²) in [5, 5.41) is 30.5. The van der Waals surface area contributed by atoms with Gasteiger partial charge in [-0.05, 0) is 30.9 Å². The minimum absolute atomic E-state index is 0.0257. The zero-order valence-electron chi connectivity index (χ0n) is 14.6. The summed E-state index contributed by atoms with van der Waals surface area (Å²) < 4.78 is 0. The molecule has 1 saturated carbocycles. The van der Waals surface area contributed by atoms with Crippen molar-refractivity contribution in [2.45, 2.75) is 37.7 Å². The van der Waals surface area contributed by atoms with Crippen molar-refractivity contribution < 1.29 is 9.90 Å². The van der Waals surface area contributed by atoms with Crippen molar-refractivity contribution in [1.29, 1.82) is 10.5 Å². The van der Waals surface area contributed by atoms with Gasteiger partial charge >= 0.3 is 0 Å². The molecule has 2 unspecified atom stereocenters. The number of hydrogen-bond acceptors (Lipinski definition) is 4.